The van der Waals surface area contributed by atoms with Crippen LogP contribution in [0.2, 0.25) is 0 Å². The number of nitrogens with zero attached hydrogens (tertiary/aromatic N) is 1. The fourth-order valence-corrected chi connectivity index (χ4v) is 4.13. The summed E-state index contributed by atoms with van der Waals surface area (Å²) in [6, 6.07) is 4.08. The standard InChI is InChI=1S/C13H20N2O2S/c1-10-8-11(2)13(12(3)9-10)15-6-4-14-5-7-18(15,16)17/h8-9,14H,4-7H2,1-3H3. The molecule has 0 amide bonds. The van der Waals surface area contributed by atoms with E-state index in [0.29, 0.717) is 19.6 Å². The van der Waals surface area contributed by atoms with Gasteiger partial charge in [0.2, 0.25) is 10.0 Å². The van der Waals surface area contributed by atoms with Gasteiger partial charge in [-0.05, 0) is 31.9 Å². The largest absolute Gasteiger partial charge is 0.314 e. The van der Waals surface area contributed by atoms with E-state index in [9.17, 15) is 8.42 Å². The number of benzene rings is 1. The zero-order valence-corrected chi connectivity index (χ0v) is 12.0. The van der Waals surface area contributed by atoms with Crippen LogP contribution in [0.5, 0.6) is 0 Å². The second-order valence-corrected chi connectivity index (χ2v) is 6.90. The van der Waals surface area contributed by atoms with Gasteiger partial charge in [0.25, 0.3) is 0 Å². The fraction of sp³-hybridized carbons (Fsp3) is 0.538. The molecule has 1 saturated heterocycles. The van der Waals surface area contributed by atoms with Gasteiger partial charge in [-0.3, -0.25) is 4.31 Å². The molecule has 100 valence electrons. The fourth-order valence-electron chi connectivity index (χ4n) is 2.57. The molecule has 0 bridgehead atoms. The van der Waals surface area contributed by atoms with Gasteiger partial charge in [-0.2, -0.15) is 0 Å². The minimum atomic E-state index is -3.20. The first kappa shape index (κ1) is 13.4. The zero-order valence-electron chi connectivity index (χ0n) is 11.2. The highest BCUT2D eigenvalue weighted by molar-refractivity contribution is 7.92. The van der Waals surface area contributed by atoms with E-state index in [2.05, 4.69) is 5.32 Å². The van der Waals surface area contributed by atoms with E-state index in [0.717, 1.165) is 16.8 Å². The molecule has 0 atom stereocenters. The normalized spacial score (nSPS) is 19.6. The van der Waals surface area contributed by atoms with Crippen molar-refractivity contribution in [1.29, 1.82) is 0 Å². The van der Waals surface area contributed by atoms with E-state index in [4.69, 9.17) is 0 Å². The molecule has 18 heavy (non-hydrogen) atoms. The Balaban J connectivity index is 2.53. The van der Waals surface area contributed by atoms with E-state index in [1.807, 2.05) is 32.9 Å². The number of aryl methyl sites for hydroxylation is 3. The lowest BCUT2D eigenvalue weighted by molar-refractivity contribution is 0.593. The third kappa shape index (κ3) is 2.52. The molecule has 0 spiro atoms. The summed E-state index contributed by atoms with van der Waals surface area (Å²) >= 11 is 0. The summed E-state index contributed by atoms with van der Waals surface area (Å²) in [6.45, 7) is 7.72. The summed E-state index contributed by atoms with van der Waals surface area (Å²) in [7, 11) is -3.20. The van der Waals surface area contributed by atoms with Crippen molar-refractivity contribution in [2.75, 3.05) is 29.7 Å². The van der Waals surface area contributed by atoms with Crippen LogP contribution in [0.25, 0.3) is 0 Å². The number of rotatable bonds is 1. The van der Waals surface area contributed by atoms with E-state index < -0.39 is 10.0 Å². The van der Waals surface area contributed by atoms with Crippen molar-refractivity contribution in [3.8, 4) is 0 Å². The maximum atomic E-state index is 12.3. The summed E-state index contributed by atoms with van der Waals surface area (Å²) in [6.07, 6.45) is 0. The molecular formula is C13H20N2O2S. The van der Waals surface area contributed by atoms with Crippen LogP contribution in [0, 0.1) is 20.8 Å². The monoisotopic (exact) mass is 268 g/mol. The Morgan fingerprint density at radius 3 is 2.33 bits per heavy atom. The molecule has 1 aromatic carbocycles. The first-order chi connectivity index (χ1) is 8.42. The van der Waals surface area contributed by atoms with E-state index in [1.165, 1.54) is 5.56 Å². The lowest BCUT2D eigenvalue weighted by Gasteiger charge is -2.26. The highest BCUT2D eigenvalue weighted by atomic mass is 32.2. The lowest BCUT2D eigenvalue weighted by atomic mass is 10.1. The molecular weight excluding hydrogens is 248 g/mol. The summed E-state index contributed by atoms with van der Waals surface area (Å²) in [4.78, 5) is 0. The Kier molecular flexibility index (Phi) is 3.64. The minimum Gasteiger partial charge on any atom is -0.314 e. The SMILES string of the molecule is Cc1cc(C)c(N2CCNCCS2(=O)=O)c(C)c1. The second-order valence-electron chi connectivity index (χ2n) is 4.89. The number of anilines is 1. The number of nitrogens with one attached hydrogen (secondary N) is 1. The van der Waals surface area contributed by atoms with Gasteiger partial charge in [0, 0.05) is 19.6 Å². The van der Waals surface area contributed by atoms with Gasteiger partial charge in [0.15, 0.2) is 0 Å². The Bertz CT molecular complexity index is 529. The van der Waals surface area contributed by atoms with E-state index in [1.54, 1.807) is 4.31 Å². The summed E-state index contributed by atoms with van der Waals surface area (Å²) in [5.41, 5.74) is 4.07. The number of hydrogen-bond donors (Lipinski definition) is 1. The van der Waals surface area contributed by atoms with Gasteiger partial charge in [-0.1, -0.05) is 17.7 Å². The molecule has 2 rings (SSSR count). The average Bonchev–Trinajstić information content (AvgIpc) is 2.39. The first-order valence-corrected chi connectivity index (χ1v) is 7.82. The van der Waals surface area contributed by atoms with Gasteiger partial charge in [0.1, 0.15) is 0 Å². The third-order valence-corrected chi connectivity index (χ3v) is 5.01. The van der Waals surface area contributed by atoms with Crippen LogP contribution in [0.4, 0.5) is 5.69 Å². The topological polar surface area (TPSA) is 49.4 Å². The predicted molar refractivity (Wildman–Crippen MR) is 74.7 cm³/mol. The van der Waals surface area contributed by atoms with Crippen LogP contribution in [0.1, 0.15) is 16.7 Å². The highest BCUT2D eigenvalue weighted by Crippen LogP contribution is 2.28. The Hall–Kier alpha value is -1.07. The van der Waals surface area contributed by atoms with Crippen molar-refractivity contribution < 1.29 is 8.42 Å². The molecule has 0 unspecified atom stereocenters. The molecule has 1 N–H and O–H groups in total. The van der Waals surface area contributed by atoms with Crippen molar-refractivity contribution in [2.45, 2.75) is 20.8 Å². The maximum absolute atomic E-state index is 12.3. The van der Waals surface area contributed by atoms with Gasteiger partial charge in [-0.25, -0.2) is 8.42 Å². The van der Waals surface area contributed by atoms with E-state index >= 15 is 0 Å². The van der Waals surface area contributed by atoms with Crippen LogP contribution in [0.15, 0.2) is 12.1 Å². The summed E-state index contributed by atoms with van der Waals surface area (Å²) < 4.78 is 26.1. The van der Waals surface area contributed by atoms with Gasteiger partial charge in [0.05, 0.1) is 11.4 Å². The van der Waals surface area contributed by atoms with Crippen LogP contribution in [-0.2, 0) is 10.0 Å². The van der Waals surface area contributed by atoms with Crippen molar-refractivity contribution in [2.24, 2.45) is 0 Å². The van der Waals surface area contributed by atoms with Gasteiger partial charge >= 0.3 is 0 Å². The van der Waals surface area contributed by atoms with Crippen LogP contribution >= 0.6 is 0 Å². The summed E-state index contributed by atoms with van der Waals surface area (Å²) in [5.74, 6) is 0.166. The molecule has 1 aliphatic rings. The molecule has 0 aromatic heterocycles. The maximum Gasteiger partial charge on any atom is 0.236 e. The smallest absolute Gasteiger partial charge is 0.236 e. The van der Waals surface area contributed by atoms with Gasteiger partial charge < -0.3 is 5.32 Å². The van der Waals surface area contributed by atoms with Crippen LogP contribution in [0.3, 0.4) is 0 Å². The highest BCUT2D eigenvalue weighted by Gasteiger charge is 2.26. The van der Waals surface area contributed by atoms with E-state index in [-0.39, 0.29) is 5.75 Å². The first-order valence-electron chi connectivity index (χ1n) is 6.21. The zero-order chi connectivity index (χ0) is 13.3. The Labute approximate surface area is 109 Å². The molecule has 1 fully saturated rings. The summed E-state index contributed by atoms with van der Waals surface area (Å²) in [5, 5.41) is 3.13. The molecule has 5 heteroatoms. The van der Waals surface area contributed by atoms with Crippen LogP contribution < -0.4 is 9.62 Å². The Morgan fingerprint density at radius 2 is 1.72 bits per heavy atom. The molecule has 0 aliphatic carbocycles. The lowest BCUT2D eigenvalue weighted by Crippen LogP contribution is -2.34. The Morgan fingerprint density at radius 1 is 1.11 bits per heavy atom. The minimum absolute atomic E-state index is 0.166. The molecule has 1 aliphatic heterocycles. The third-order valence-electron chi connectivity index (χ3n) is 3.25. The van der Waals surface area contributed by atoms with Crippen molar-refractivity contribution in [1.82, 2.24) is 5.32 Å². The predicted octanol–water partition coefficient (Wildman–Crippen LogP) is 1.35. The molecule has 1 heterocycles. The molecule has 1 aromatic rings. The molecule has 0 saturated carbocycles. The van der Waals surface area contributed by atoms with Crippen molar-refractivity contribution in [3.63, 3.8) is 0 Å². The second kappa shape index (κ2) is 4.90. The van der Waals surface area contributed by atoms with Crippen molar-refractivity contribution >= 4 is 15.7 Å². The number of hydrogen-bond acceptors (Lipinski definition) is 3. The van der Waals surface area contributed by atoms with Gasteiger partial charge in [-0.15, -0.1) is 0 Å². The van der Waals surface area contributed by atoms with Crippen molar-refractivity contribution in [3.05, 3.63) is 28.8 Å². The van der Waals surface area contributed by atoms with Crippen LogP contribution in [-0.4, -0.2) is 33.8 Å². The quantitative estimate of drug-likeness (QED) is 0.836. The molecule has 4 nitrogen and oxygen atoms in total. The average molecular weight is 268 g/mol. The molecule has 0 radical (unpaired) electrons. The number of sulfonamides is 1.